The van der Waals surface area contributed by atoms with Crippen LogP contribution in [0.5, 0.6) is 5.88 Å². The first kappa shape index (κ1) is 13.7. The van der Waals surface area contributed by atoms with Gasteiger partial charge in [-0.2, -0.15) is 0 Å². The van der Waals surface area contributed by atoms with Gasteiger partial charge in [0.1, 0.15) is 0 Å². The lowest BCUT2D eigenvalue weighted by Crippen LogP contribution is -2.13. The maximum Gasteiger partial charge on any atom is 0.271 e. The van der Waals surface area contributed by atoms with E-state index in [0.29, 0.717) is 11.4 Å². The first-order valence-corrected chi connectivity index (χ1v) is 7.95. The van der Waals surface area contributed by atoms with E-state index >= 15 is 0 Å². The van der Waals surface area contributed by atoms with Gasteiger partial charge in [-0.3, -0.25) is 0 Å². The lowest BCUT2D eigenvalue weighted by Gasteiger charge is -2.10. The van der Waals surface area contributed by atoms with Gasteiger partial charge in [0, 0.05) is 11.5 Å². The van der Waals surface area contributed by atoms with Crippen molar-refractivity contribution in [3.63, 3.8) is 0 Å². The van der Waals surface area contributed by atoms with Crippen molar-refractivity contribution >= 4 is 20.9 Å². The minimum atomic E-state index is -3.69. The quantitative estimate of drug-likeness (QED) is 0.746. The Labute approximate surface area is 123 Å². The van der Waals surface area contributed by atoms with Crippen LogP contribution in [-0.2, 0) is 10.0 Å². The second-order valence-corrected chi connectivity index (χ2v) is 6.56. The summed E-state index contributed by atoms with van der Waals surface area (Å²) in [6, 6.07) is 15.7. The molecule has 3 rings (SSSR count). The number of rotatable bonds is 3. The topological polar surface area (TPSA) is 48.3 Å². The summed E-state index contributed by atoms with van der Waals surface area (Å²) in [4.78, 5) is 0.238. The van der Waals surface area contributed by atoms with Gasteiger partial charge in [0.15, 0.2) is 0 Å². The molecular formula is C16H15NO3S. The monoisotopic (exact) mass is 301 g/mol. The molecule has 0 radical (unpaired) electrons. The van der Waals surface area contributed by atoms with E-state index in [1.807, 2.05) is 19.1 Å². The van der Waals surface area contributed by atoms with Gasteiger partial charge >= 0.3 is 0 Å². The molecule has 0 aliphatic carbocycles. The zero-order chi connectivity index (χ0) is 15.0. The predicted octanol–water partition coefficient (Wildman–Crippen LogP) is 3.20. The van der Waals surface area contributed by atoms with Crippen molar-refractivity contribution in [3.8, 4) is 5.88 Å². The van der Waals surface area contributed by atoms with Gasteiger partial charge < -0.3 is 4.74 Å². The van der Waals surface area contributed by atoms with Gasteiger partial charge in [-0.25, -0.2) is 12.4 Å². The highest BCUT2D eigenvalue weighted by molar-refractivity contribution is 7.90. The fourth-order valence-electron chi connectivity index (χ4n) is 2.42. The SMILES string of the molecule is COc1cc2c(C)cccc2n1S(=O)(=O)c1ccccc1. The number of fused-ring (bicyclic) bond motifs is 1. The standard InChI is InChI=1S/C16H15NO3S/c1-12-7-6-10-15-14(12)11-16(20-2)17(15)21(18,19)13-8-4-3-5-9-13/h3-11H,1-2H3. The van der Waals surface area contributed by atoms with Crippen LogP contribution in [-0.4, -0.2) is 19.5 Å². The van der Waals surface area contributed by atoms with Crippen molar-refractivity contribution in [2.45, 2.75) is 11.8 Å². The second-order valence-electron chi connectivity index (χ2n) is 4.78. The highest BCUT2D eigenvalue weighted by Gasteiger charge is 2.23. The number of aromatic nitrogens is 1. The Morgan fingerprint density at radius 2 is 1.71 bits per heavy atom. The third kappa shape index (κ3) is 2.10. The molecule has 0 N–H and O–H groups in total. The number of nitrogens with zero attached hydrogens (tertiary/aromatic N) is 1. The van der Waals surface area contributed by atoms with Crippen LogP contribution in [0, 0.1) is 6.92 Å². The van der Waals surface area contributed by atoms with Crippen molar-refractivity contribution in [2.75, 3.05) is 7.11 Å². The Balaban J connectivity index is 2.37. The summed E-state index contributed by atoms with van der Waals surface area (Å²) in [6.07, 6.45) is 0. The zero-order valence-electron chi connectivity index (χ0n) is 11.8. The molecule has 1 heterocycles. The summed E-state index contributed by atoms with van der Waals surface area (Å²) in [5.74, 6) is 0.308. The van der Waals surface area contributed by atoms with Gasteiger partial charge in [-0.05, 0) is 30.7 Å². The first-order chi connectivity index (χ1) is 10.1. The Morgan fingerprint density at radius 3 is 2.38 bits per heavy atom. The summed E-state index contributed by atoms with van der Waals surface area (Å²) in [6.45, 7) is 1.95. The fourth-order valence-corrected chi connectivity index (χ4v) is 3.91. The van der Waals surface area contributed by atoms with Crippen LogP contribution in [0.2, 0.25) is 0 Å². The molecule has 108 valence electrons. The molecule has 2 aromatic carbocycles. The minimum absolute atomic E-state index is 0.238. The van der Waals surface area contributed by atoms with Crippen molar-refractivity contribution in [1.82, 2.24) is 3.97 Å². The summed E-state index contributed by atoms with van der Waals surface area (Å²) in [5, 5.41) is 0.869. The van der Waals surface area contributed by atoms with E-state index in [9.17, 15) is 8.42 Å². The highest BCUT2D eigenvalue weighted by atomic mass is 32.2. The van der Waals surface area contributed by atoms with Crippen LogP contribution in [0.25, 0.3) is 10.9 Å². The van der Waals surface area contributed by atoms with Crippen LogP contribution in [0.15, 0.2) is 59.5 Å². The van der Waals surface area contributed by atoms with E-state index in [0.717, 1.165) is 10.9 Å². The molecule has 0 spiro atoms. The van der Waals surface area contributed by atoms with Gasteiger partial charge in [-0.15, -0.1) is 0 Å². The minimum Gasteiger partial charge on any atom is -0.481 e. The first-order valence-electron chi connectivity index (χ1n) is 6.51. The molecule has 0 aliphatic heterocycles. The fraction of sp³-hybridized carbons (Fsp3) is 0.125. The lowest BCUT2D eigenvalue weighted by atomic mass is 10.1. The van der Waals surface area contributed by atoms with Gasteiger partial charge in [0.25, 0.3) is 10.0 Å². The Kier molecular flexibility index (Phi) is 3.22. The Morgan fingerprint density at radius 1 is 1.00 bits per heavy atom. The number of methoxy groups -OCH3 is 1. The third-order valence-corrected chi connectivity index (χ3v) is 5.20. The summed E-state index contributed by atoms with van der Waals surface area (Å²) >= 11 is 0. The highest BCUT2D eigenvalue weighted by Crippen LogP contribution is 2.31. The van der Waals surface area contributed by atoms with E-state index in [1.54, 1.807) is 42.5 Å². The molecule has 4 nitrogen and oxygen atoms in total. The summed E-state index contributed by atoms with van der Waals surface area (Å²) < 4.78 is 32.3. The van der Waals surface area contributed by atoms with Gasteiger partial charge in [0.2, 0.25) is 5.88 Å². The average Bonchev–Trinajstić information content (AvgIpc) is 2.89. The van der Waals surface area contributed by atoms with Crippen molar-refractivity contribution in [1.29, 1.82) is 0 Å². The normalized spacial score (nSPS) is 11.7. The van der Waals surface area contributed by atoms with Crippen LogP contribution < -0.4 is 4.74 Å². The predicted molar refractivity (Wildman–Crippen MR) is 82.3 cm³/mol. The van der Waals surface area contributed by atoms with E-state index in [4.69, 9.17) is 4.74 Å². The molecular weight excluding hydrogens is 286 g/mol. The molecule has 1 aromatic heterocycles. The molecule has 0 unspecified atom stereocenters. The molecule has 0 fully saturated rings. The largest absolute Gasteiger partial charge is 0.481 e. The molecule has 0 bridgehead atoms. The van der Waals surface area contributed by atoms with Crippen LogP contribution in [0.3, 0.4) is 0 Å². The van der Waals surface area contributed by atoms with Crippen LogP contribution in [0.1, 0.15) is 5.56 Å². The molecule has 5 heteroatoms. The van der Waals surface area contributed by atoms with Gasteiger partial charge in [0.05, 0.1) is 17.5 Å². The number of ether oxygens (including phenoxy) is 1. The molecule has 0 atom stereocenters. The molecule has 0 aliphatic rings. The van der Waals surface area contributed by atoms with Crippen LogP contribution in [0.4, 0.5) is 0 Å². The van der Waals surface area contributed by atoms with Crippen molar-refractivity contribution in [2.24, 2.45) is 0 Å². The summed E-state index contributed by atoms with van der Waals surface area (Å²) in [7, 11) is -2.22. The molecule has 0 saturated carbocycles. The zero-order valence-corrected chi connectivity index (χ0v) is 12.6. The summed E-state index contributed by atoms with van der Waals surface area (Å²) in [5.41, 5.74) is 1.63. The van der Waals surface area contributed by atoms with Crippen molar-refractivity contribution < 1.29 is 13.2 Å². The maximum absolute atomic E-state index is 12.9. The smallest absolute Gasteiger partial charge is 0.271 e. The molecule has 21 heavy (non-hydrogen) atoms. The number of hydrogen-bond donors (Lipinski definition) is 0. The second kappa shape index (κ2) is 4.93. The van der Waals surface area contributed by atoms with E-state index < -0.39 is 10.0 Å². The average molecular weight is 301 g/mol. The third-order valence-electron chi connectivity index (χ3n) is 3.48. The number of hydrogen-bond acceptors (Lipinski definition) is 3. The number of aryl methyl sites for hydroxylation is 1. The lowest BCUT2D eigenvalue weighted by molar-refractivity contribution is 0.394. The molecule has 3 aromatic rings. The molecule has 0 amide bonds. The molecule has 0 saturated heterocycles. The van der Waals surface area contributed by atoms with Crippen LogP contribution >= 0.6 is 0 Å². The maximum atomic E-state index is 12.9. The number of benzene rings is 2. The van der Waals surface area contributed by atoms with E-state index in [-0.39, 0.29) is 4.90 Å². The van der Waals surface area contributed by atoms with E-state index in [1.165, 1.54) is 11.1 Å². The Bertz CT molecular complexity index is 896. The van der Waals surface area contributed by atoms with E-state index in [2.05, 4.69) is 0 Å². The Hall–Kier alpha value is -2.27. The van der Waals surface area contributed by atoms with Crippen molar-refractivity contribution in [3.05, 3.63) is 60.2 Å². The van der Waals surface area contributed by atoms with Gasteiger partial charge in [-0.1, -0.05) is 30.3 Å².